The van der Waals surface area contributed by atoms with Crippen LogP contribution in [-0.4, -0.2) is 49.6 Å². The number of fused-ring (bicyclic) bond motifs is 1. The standard InChI is InChI=1S/C16H21NO6S/c1-11-13(16(18)19)4-2-7-17(11)24(20,21)12-5-6-14-15(10-12)23-9-3-8-22-14/h5-6,10-11,13H,2-4,7-9H2,1H3,(H,18,19)/t11-,13-/m1/s1. The first-order valence-corrected chi connectivity index (χ1v) is 9.49. The first kappa shape index (κ1) is 17.0. The van der Waals surface area contributed by atoms with Gasteiger partial charge in [-0.2, -0.15) is 4.31 Å². The summed E-state index contributed by atoms with van der Waals surface area (Å²) in [5.74, 6) is -0.704. The molecule has 2 atom stereocenters. The lowest BCUT2D eigenvalue weighted by Crippen LogP contribution is -2.48. The van der Waals surface area contributed by atoms with E-state index in [1.807, 2.05) is 0 Å². The summed E-state index contributed by atoms with van der Waals surface area (Å²) >= 11 is 0. The van der Waals surface area contributed by atoms with Crippen LogP contribution in [-0.2, 0) is 14.8 Å². The second-order valence-corrected chi connectivity index (χ2v) is 7.99. The summed E-state index contributed by atoms with van der Waals surface area (Å²) < 4.78 is 38.3. The zero-order valence-electron chi connectivity index (χ0n) is 13.5. The van der Waals surface area contributed by atoms with Gasteiger partial charge in [-0.05, 0) is 31.9 Å². The molecule has 2 heterocycles. The summed E-state index contributed by atoms with van der Waals surface area (Å²) in [6.45, 7) is 2.97. The maximum Gasteiger partial charge on any atom is 0.308 e. The Labute approximate surface area is 141 Å². The number of benzene rings is 1. The molecule has 1 aromatic carbocycles. The van der Waals surface area contributed by atoms with Crippen molar-refractivity contribution >= 4 is 16.0 Å². The molecule has 132 valence electrons. The summed E-state index contributed by atoms with van der Waals surface area (Å²) in [7, 11) is -3.79. The van der Waals surface area contributed by atoms with Crippen LogP contribution < -0.4 is 9.47 Å². The van der Waals surface area contributed by atoms with Gasteiger partial charge in [0.15, 0.2) is 11.5 Å². The summed E-state index contributed by atoms with van der Waals surface area (Å²) in [5.41, 5.74) is 0. The smallest absolute Gasteiger partial charge is 0.308 e. The molecule has 0 bridgehead atoms. The third-order valence-electron chi connectivity index (χ3n) is 4.57. The molecule has 1 fully saturated rings. The molecule has 2 aliphatic heterocycles. The van der Waals surface area contributed by atoms with E-state index in [2.05, 4.69) is 0 Å². The number of ether oxygens (including phenoxy) is 2. The van der Waals surface area contributed by atoms with Gasteiger partial charge in [-0.25, -0.2) is 8.42 Å². The minimum absolute atomic E-state index is 0.102. The van der Waals surface area contributed by atoms with Crippen molar-refractivity contribution in [2.75, 3.05) is 19.8 Å². The average Bonchev–Trinajstić information content (AvgIpc) is 2.79. The number of piperidine rings is 1. The molecule has 0 radical (unpaired) electrons. The van der Waals surface area contributed by atoms with Crippen LogP contribution in [0.3, 0.4) is 0 Å². The van der Waals surface area contributed by atoms with Crippen LogP contribution in [0.1, 0.15) is 26.2 Å². The second kappa shape index (κ2) is 6.60. The van der Waals surface area contributed by atoms with Crippen LogP contribution in [0.5, 0.6) is 11.5 Å². The largest absolute Gasteiger partial charge is 0.490 e. The maximum absolute atomic E-state index is 13.0. The highest BCUT2D eigenvalue weighted by Crippen LogP contribution is 2.35. The third-order valence-corrected chi connectivity index (χ3v) is 6.56. The highest BCUT2D eigenvalue weighted by Gasteiger charge is 2.39. The van der Waals surface area contributed by atoms with Crippen molar-refractivity contribution in [1.29, 1.82) is 0 Å². The Morgan fingerprint density at radius 3 is 2.62 bits per heavy atom. The van der Waals surface area contributed by atoms with Gasteiger partial charge in [0.05, 0.1) is 24.0 Å². The fourth-order valence-electron chi connectivity index (χ4n) is 3.22. The summed E-state index contributed by atoms with van der Waals surface area (Å²) in [6, 6.07) is 3.96. The minimum atomic E-state index is -3.79. The van der Waals surface area contributed by atoms with E-state index in [1.165, 1.54) is 16.4 Å². The summed E-state index contributed by atoms with van der Waals surface area (Å²) in [4.78, 5) is 11.4. The van der Waals surface area contributed by atoms with E-state index in [0.717, 1.165) is 6.42 Å². The molecule has 0 spiro atoms. The topological polar surface area (TPSA) is 93.1 Å². The first-order valence-electron chi connectivity index (χ1n) is 8.05. The number of carboxylic acid groups (broad SMARTS) is 1. The number of aliphatic carboxylic acids is 1. The van der Waals surface area contributed by atoms with Crippen LogP contribution in [0.2, 0.25) is 0 Å². The van der Waals surface area contributed by atoms with Gasteiger partial charge in [-0.1, -0.05) is 0 Å². The normalized spacial score (nSPS) is 25.0. The molecule has 8 heteroatoms. The minimum Gasteiger partial charge on any atom is -0.490 e. The Bertz CT molecular complexity index is 732. The quantitative estimate of drug-likeness (QED) is 0.887. The molecular weight excluding hydrogens is 334 g/mol. The maximum atomic E-state index is 13.0. The SMILES string of the molecule is C[C@@H]1[C@H](C(=O)O)CCCN1S(=O)(=O)c1ccc2c(c1)OCCCO2. The van der Waals surface area contributed by atoms with Crippen molar-refractivity contribution in [2.45, 2.75) is 37.1 Å². The fourth-order valence-corrected chi connectivity index (χ4v) is 4.94. The molecule has 1 aromatic rings. The molecule has 0 aromatic heterocycles. The number of hydrogen-bond donors (Lipinski definition) is 1. The van der Waals surface area contributed by atoms with E-state index in [4.69, 9.17) is 9.47 Å². The molecule has 0 saturated carbocycles. The summed E-state index contributed by atoms with van der Waals surface area (Å²) in [5, 5.41) is 9.29. The lowest BCUT2D eigenvalue weighted by Gasteiger charge is -2.36. The highest BCUT2D eigenvalue weighted by atomic mass is 32.2. The molecule has 0 unspecified atom stereocenters. The Balaban J connectivity index is 1.92. The average molecular weight is 355 g/mol. The van der Waals surface area contributed by atoms with E-state index in [1.54, 1.807) is 13.0 Å². The van der Waals surface area contributed by atoms with Gasteiger partial charge in [0.1, 0.15) is 0 Å². The van der Waals surface area contributed by atoms with E-state index >= 15 is 0 Å². The van der Waals surface area contributed by atoms with E-state index < -0.39 is 28.0 Å². The molecule has 0 amide bonds. The van der Waals surface area contributed by atoms with Gasteiger partial charge >= 0.3 is 5.97 Å². The number of hydrogen-bond acceptors (Lipinski definition) is 5. The van der Waals surface area contributed by atoms with Crippen molar-refractivity contribution in [3.8, 4) is 11.5 Å². The zero-order chi connectivity index (χ0) is 17.3. The number of carbonyl (C=O) groups is 1. The molecule has 7 nitrogen and oxygen atoms in total. The predicted molar refractivity (Wildman–Crippen MR) is 85.8 cm³/mol. The van der Waals surface area contributed by atoms with Crippen LogP contribution >= 0.6 is 0 Å². The van der Waals surface area contributed by atoms with E-state index in [9.17, 15) is 18.3 Å². The number of rotatable bonds is 3. The van der Waals surface area contributed by atoms with Gasteiger partial charge in [-0.15, -0.1) is 0 Å². The molecule has 1 saturated heterocycles. The predicted octanol–water partition coefficient (Wildman–Crippen LogP) is 1.72. The molecule has 2 aliphatic rings. The van der Waals surface area contributed by atoms with Crippen molar-refractivity contribution in [1.82, 2.24) is 4.31 Å². The van der Waals surface area contributed by atoms with Gasteiger partial charge in [0, 0.05) is 25.1 Å². The molecule has 24 heavy (non-hydrogen) atoms. The van der Waals surface area contributed by atoms with Crippen molar-refractivity contribution in [3.05, 3.63) is 18.2 Å². The Morgan fingerprint density at radius 1 is 1.21 bits per heavy atom. The Hall–Kier alpha value is -1.80. The van der Waals surface area contributed by atoms with E-state index in [-0.39, 0.29) is 4.90 Å². The summed E-state index contributed by atoms with van der Waals surface area (Å²) in [6.07, 6.45) is 1.76. The van der Waals surface area contributed by atoms with Crippen molar-refractivity contribution < 1.29 is 27.8 Å². The highest BCUT2D eigenvalue weighted by molar-refractivity contribution is 7.89. The number of sulfonamides is 1. The van der Waals surface area contributed by atoms with Gasteiger partial charge in [-0.3, -0.25) is 4.79 Å². The molecule has 3 rings (SSSR count). The number of carboxylic acids is 1. The van der Waals surface area contributed by atoms with Crippen LogP contribution in [0.15, 0.2) is 23.1 Å². The van der Waals surface area contributed by atoms with Crippen molar-refractivity contribution in [2.24, 2.45) is 5.92 Å². The zero-order valence-corrected chi connectivity index (χ0v) is 14.3. The van der Waals surface area contributed by atoms with Crippen LogP contribution in [0.25, 0.3) is 0 Å². The van der Waals surface area contributed by atoms with Crippen LogP contribution in [0, 0.1) is 5.92 Å². The van der Waals surface area contributed by atoms with Gasteiger partial charge in [0.2, 0.25) is 10.0 Å². The van der Waals surface area contributed by atoms with Crippen molar-refractivity contribution in [3.63, 3.8) is 0 Å². The first-order chi connectivity index (χ1) is 11.4. The molecular formula is C16H21NO6S. The lowest BCUT2D eigenvalue weighted by atomic mass is 9.92. The lowest BCUT2D eigenvalue weighted by molar-refractivity contribution is -0.144. The number of nitrogens with zero attached hydrogens (tertiary/aromatic N) is 1. The molecule has 0 aliphatic carbocycles. The van der Waals surface area contributed by atoms with Gasteiger partial charge in [0.25, 0.3) is 0 Å². The fraction of sp³-hybridized carbons (Fsp3) is 0.562. The van der Waals surface area contributed by atoms with E-state index in [0.29, 0.717) is 44.1 Å². The Kier molecular flexibility index (Phi) is 4.69. The van der Waals surface area contributed by atoms with Gasteiger partial charge < -0.3 is 14.6 Å². The monoisotopic (exact) mass is 355 g/mol. The molecule has 1 N–H and O–H groups in total. The second-order valence-electron chi connectivity index (χ2n) is 6.10. The Morgan fingerprint density at radius 2 is 1.92 bits per heavy atom. The van der Waals surface area contributed by atoms with Crippen LogP contribution in [0.4, 0.5) is 0 Å². The third kappa shape index (κ3) is 3.08.